The number of hydrogen-bond acceptors (Lipinski definition) is 4. The third-order valence-corrected chi connectivity index (χ3v) is 5.44. The maximum absolute atomic E-state index is 12.4. The fourth-order valence-corrected chi connectivity index (χ4v) is 4.25. The van der Waals surface area contributed by atoms with Gasteiger partial charge in [0.1, 0.15) is 17.7 Å². The van der Waals surface area contributed by atoms with Crippen molar-refractivity contribution in [1.29, 1.82) is 0 Å². The predicted octanol–water partition coefficient (Wildman–Crippen LogP) is 0.582. The summed E-state index contributed by atoms with van der Waals surface area (Å²) in [5, 5.41) is 2.85. The van der Waals surface area contributed by atoms with Gasteiger partial charge in [-0.3, -0.25) is 4.79 Å². The molecule has 116 valence electrons. The van der Waals surface area contributed by atoms with Crippen LogP contribution in [-0.2, 0) is 27.8 Å². The molecule has 0 aliphatic carbocycles. The molecule has 0 spiro atoms. The first-order valence-corrected chi connectivity index (χ1v) is 9.14. The molecule has 0 aromatic carbocycles. The van der Waals surface area contributed by atoms with Gasteiger partial charge in [0.25, 0.3) is 0 Å². The quantitative estimate of drug-likeness (QED) is 0.885. The first-order valence-electron chi connectivity index (χ1n) is 7.29. The van der Waals surface area contributed by atoms with Crippen molar-refractivity contribution in [3.05, 3.63) is 12.0 Å². The van der Waals surface area contributed by atoms with Crippen LogP contribution in [0.2, 0.25) is 0 Å². The van der Waals surface area contributed by atoms with Gasteiger partial charge in [-0.05, 0) is 25.7 Å². The lowest BCUT2D eigenvalue weighted by Gasteiger charge is -2.22. The van der Waals surface area contributed by atoms with Crippen molar-refractivity contribution in [3.8, 4) is 0 Å². The van der Waals surface area contributed by atoms with Crippen molar-refractivity contribution in [1.82, 2.24) is 13.9 Å². The number of sulfonamides is 1. The fourth-order valence-electron chi connectivity index (χ4n) is 3.12. The molecule has 3 heterocycles. The number of carbonyl (C=O) groups excluding carboxylic acids is 1. The van der Waals surface area contributed by atoms with Crippen LogP contribution in [0.4, 0.5) is 5.82 Å². The molecule has 7 nitrogen and oxygen atoms in total. The van der Waals surface area contributed by atoms with E-state index in [1.54, 1.807) is 6.20 Å². The smallest absolute Gasteiger partial charge is 0.243 e. The first kappa shape index (κ1) is 14.5. The lowest BCUT2D eigenvalue weighted by atomic mass is 10.2. The molecule has 0 bridgehead atoms. The predicted molar refractivity (Wildman–Crippen MR) is 78.4 cm³/mol. The number of hydrogen-bond donors (Lipinski definition) is 1. The topological polar surface area (TPSA) is 84.3 Å². The molecule has 1 unspecified atom stereocenters. The second-order valence-corrected chi connectivity index (χ2v) is 7.62. The van der Waals surface area contributed by atoms with Crippen LogP contribution in [0.5, 0.6) is 0 Å². The minimum Gasteiger partial charge on any atom is -0.315 e. The van der Waals surface area contributed by atoms with Crippen molar-refractivity contribution in [2.45, 2.75) is 44.7 Å². The van der Waals surface area contributed by atoms with E-state index in [1.165, 1.54) is 4.31 Å². The van der Waals surface area contributed by atoms with E-state index in [0.717, 1.165) is 44.3 Å². The van der Waals surface area contributed by atoms with E-state index >= 15 is 0 Å². The molecule has 1 aromatic heterocycles. The summed E-state index contributed by atoms with van der Waals surface area (Å²) in [6.07, 6.45) is 7.22. The van der Waals surface area contributed by atoms with Crippen LogP contribution in [-0.4, -0.2) is 47.0 Å². The van der Waals surface area contributed by atoms with Crippen LogP contribution in [0.15, 0.2) is 6.20 Å². The molecule has 1 fully saturated rings. The summed E-state index contributed by atoms with van der Waals surface area (Å²) in [4.78, 5) is 16.7. The normalized spacial score (nSPS) is 23.0. The summed E-state index contributed by atoms with van der Waals surface area (Å²) in [6, 6.07) is -0.602. The van der Waals surface area contributed by atoms with Crippen LogP contribution in [0.3, 0.4) is 0 Å². The number of aromatic nitrogens is 2. The van der Waals surface area contributed by atoms with Gasteiger partial charge in [0, 0.05) is 19.5 Å². The third-order valence-electron chi connectivity index (χ3n) is 4.15. The summed E-state index contributed by atoms with van der Waals surface area (Å²) < 4.78 is 26.7. The number of aryl methyl sites for hydroxylation is 1. The van der Waals surface area contributed by atoms with E-state index in [2.05, 4.69) is 10.3 Å². The van der Waals surface area contributed by atoms with Crippen LogP contribution in [0, 0.1) is 0 Å². The van der Waals surface area contributed by atoms with Crippen LogP contribution in [0.1, 0.15) is 31.5 Å². The Bertz CT molecular complexity index is 652. The summed E-state index contributed by atoms with van der Waals surface area (Å²) in [5.74, 6) is 1.41. The van der Waals surface area contributed by atoms with Gasteiger partial charge in [0.2, 0.25) is 15.9 Å². The highest BCUT2D eigenvalue weighted by Gasteiger charge is 2.36. The van der Waals surface area contributed by atoms with Crippen molar-refractivity contribution >= 4 is 21.7 Å². The summed E-state index contributed by atoms with van der Waals surface area (Å²) in [7, 11) is -3.34. The van der Waals surface area contributed by atoms with E-state index in [0.29, 0.717) is 18.8 Å². The summed E-state index contributed by atoms with van der Waals surface area (Å²) in [5.41, 5.74) is 0. The lowest BCUT2D eigenvalue weighted by Crippen LogP contribution is -2.42. The van der Waals surface area contributed by atoms with Crippen molar-refractivity contribution < 1.29 is 13.2 Å². The average Bonchev–Trinajstić information content (AvgIpc) is 3.05. The third kappa shape index (κ3) is 2.82. The summed E-state index contributed by atoms with van der Waals surface area (Å²) >= 11 is 0. The number of imidazole rings is 1. The molecule has 0 radical (unpaired) electrons. The average molecular weight is 312 g/mol. The molecular weight excluding hydrogens is 292 g/mol. The maximum Gasteiger partial charge on any atom is 0.243 e. The molecule has 1 amide bonds. The Hall–Kier alpha value is -1.41. The van der Waals surface area contributed by atoms with Gasteiger partial charge in [-0.1, -0.05) is 0 Å². The lowest BCUT2D eigenvalue weighted by molar-refractivity contribution is -0.119. The van der Waals surface area contributed by atoms with E-state index in [4.69, 9.17) is 0 Å². The number of amides is 1. The van der Waals surface area contributed by atoms with Crippen LogP contribution < -0.4 is 5.32 Å². The molecule has 3 rings (SSSR count). The molecule has 1 N–H and O–H groups in total. The number of nitrogens with zero attached hydrogens (tertiary/aromatic N) is 3. The molecule has 1 aromatic rings. The zero-order valence-electron chi connectivity index (χ0n) is 12.1. The zero-order valence-corrected chi connectivity index (χ0v) is 12.9. The standard InChI is InChI=1S/C13H20N4O3S/c1-21(19,20)17-8-4-5-10(17)13(18)15-12-9-14-11-6-2-3-7-16(11)12/h9-10H,2-8H2,1H3,(H,15,18). The first-order chi connectivity index (χ1) is 9.97. The Morgan fingerprint density at radius 2 is 2.14 bits per heavy atom. The minimum atomic E-state index is -3.34. The Morgan fingerprint density at radius 1 is 1.33 bits per heavy atom. The van der Waals surface area contributed by atoms with Crippen LogP contribution >= 0.6 is 0 Å². The number of nitrogens with one attached hydrogen (secondary N) is 1. The van der Waals surface area contributed by atoms with Gasteiger partial charge in [0.15, 0.2) is 0 Å². The van der Waals surface area contributed by atoms with Crippen molar-refractivity contribution in [2.75, 3.05) is 18.1 Å². The largest absolute Gasteiger partial charge is 0.315 e. The van der Waals surface area contributed by atoms with Gasteiger partial charge in [-0.2, -0.15) is 4.31 Å². The number of rotatable bonds is 3. The Balaban J connectivity index is 1.76. The van der Waals surface area contributed by atoms with E-state index in [-0.39, 0.29) is 5.91 Å². The maximum atomic E-state index is 12.4. The van der Waals surface area contributed by atoms with E-state index < -0.39 is 16.1 Å². The molecule has 21 heavy (non-hydrogen) atoms. The molecular formula is C13H20N4O3S. The van der Waals surface area contributed by atoms with Gasteiger partial charge < -0.3 is 9.88 Å². The number of fused-ring (bicyclic) bond motifs is 1. The van der Waals surface area contributed by atoms with Gasteiger partial charge in [-0.25, -0.2) is 13.4 Å². The zero-order chi connectivity index (χ0) is 15.0. The molecule has 1 atom stereocenters. The fraction of sp³-hybridized carbons (Fsp3) is 0.692. The Kier molecular flexibility index (Phi) is 3.75. The van der Waals surface area contributed by atoms with Crippen molar-refractivity contribution in [3.63, 3.8) is 0 Å². The van der Waals surface area contributed by atoms with E-state index in [1.807, 2.05) is 4.57 Å². The molecule has 2 aliphatic heterocycles. The molecule has 1 saturated heterocycles. The van der Waals surface area contributed by atoms with E-state index in [9.17, 15) is 13.2 Å². The molecule has 8 heteroatoms. The summed E-state index contributed by atoms with van der Waals surface area (Å²) in [6.45, 7) is 1.27. The second kappa shape index (κ2) is 5.42. The molecule has 2 aliphatic rings. The van der Waals surface area contributed by atoms with Gasteiger partial charge in [-0.15, -0.1) is 0 Å². The Morgan fingerprint density at radius 3 is 2.90 bits per heavy atom. The van der Waals surface area contributed by atoms with Gasteiger partial charge >= 0.3 is 0 Å². The van der Waals surface area contributed by atoms with Crippen molar-refractivity contribution in [2.24, 2.45) is 0 Å². The van der Waals surface area contributed by atoms with Gasteiger partial charge in [0.05, 0.1) is 12.5 Å². The highest BCUT2D eigenvalue weighted by Crippen LogP contribution is 2.23. The highest BCUT2D eigenvalue weighted by molar-refractivity contribution is 7.88. The SMILES string of the molecule is CS(=O)(=O)N1CCCC1C(=O)Nc1cnc2n1CCCC2. The molecule has 0 saturated carbocycles. The number of anilines is 1. The highest BCUT2D eigenvalue weighted by atomic mass is 32.2. The second-order valence-electron chi connectivity index (χ2n) is 5.69. The van der Waals surface area contributed by atoms with Crippen LogP contribution in [0.25, 0.3) is 0 Å². The Labute approximate surface area is 124 Å². The minimum absolute atomic E-state index is 0.258. The monoisotopic (exact) mass is 312 g/mol. The number of carbonyl (C=O) groups is 1.